The fraction of sp³-hybridized carbons (Fsp3) is 0.0526. The Labute approximate surface area is 252 Å². The van der Waals surface area contributed by atoms with Gasteiger partial charge in [-0.3, -0.25) is 0 Å². The standard InChI is InChI=1S/C38H26Br2/c1-25-10-5-20-34-36(25)37-33(28-14-6-13-27(22-28)26-11-3-2-4-12-26)19-9-21-35(37)38(34,29-15-7-17-31(39)23-29)30-16-8-18-32(40)24-30/h2-24H,1H3. The largest absolute Gasteiger partial charge is 0.0714 e. The predicted molar refractivity (Wildman–Crippen MR) is 175 cm³/mol. The molecule has 1 aliphatic rings. The van der Waals surface area contributed by atoms with Crippen molar-refractivity contribution in [2.24, 2.45) is 0 Å². The molecule has 192 valence electrons. The van der Waals surface area contributed by atoms with E-state index in [-0.39, 0.29) is 0 Å². The van der Waals surface area contributed by atoms with Crippen molar-refractivity contribution < 1.29 is 0 Å². The minimum Gasteiger partial charge on any atom is -0.0622 e. The van der Waals surface area contributed by atoms with Gasteiger partial charge in [-0.05, 0) is 98.5 Å². The Morgan fingerprint density at radius 1 is 0.450 bits per heavy atom. The first kappa shape index (κ1) is 25.3. The third-order valence-corrected chi connectivity index (χ3v) is 9.18. The summed E-state index contributed by atoms with van der Waals surface area (Å²) in [6.07, 6.45) is 0. The van der Waals surface area contributed by atoms with Crippen LogP contribution in [0, 0.1) is 6.92 Å². The minimum atomic E-state index is -0.461. The molecule has 0 saturated heterocycles. The summed E-state index contributed by atoms with van der Waals surface area (Å²) in [5, 5.41) is 0. The molecule has 7 rings (SSSR count). The van der Waals surface area contributed by atoms with Gasteiger partial charge in [-0.1, -0.05) is 141 Å². The molecule has 0 N–H and O–H groups in total. The fourth-order valence-corrected chi connectivity index (χ4v) is 7.36. The number of hydrogen-bond donors (Lipinski definition) is 0. The normalized spacial score (nSPS) is 13.1. The van der Waals surface area contributed by atoms with Crippen LogP contribution in [0.15, 0.2) is 148 Å². The Bertz CT molecular complexity index is 1840. The summed E-state index contributed by atoms with van der Waals surface area (Å²) >= 11 is 7.57. The van der Waals surface area contributed by atoms with Gasteiger partial charge in [0.05, 0.1) is 5.41 Å². The Hall–Kier alpha value is -3.72. The molecule has 0 fully saturated rings. The predicted octanol–water partition coefficient (Wildman–Crippen LogP) is 11.2. The maximum absolute atomic E-state index is 3.79. The van der Waals surface area contributed by atoms with Crippen molar-refractivity contribution in [1.82, 2.24) is 0 Å². The van der Waals surface area contributed by atoms with E-state index in [1.807, 2.05) is 0 Å². The molecule has 0 bridgehead atoms. The number of halogens is 2. The Morgan fingerprint density at radius 3 is 1.68 bits per heavy atom. The number of hydrogen-bond acceptors (Lipinski definition) is 0. The second-order valence-corrected chi connectivity index (χ2v) is 12.3. The zero-order valence-electron chi connectivity index (χ0n) is 22.0. The Morgan fingerprint density at radius 2 is 1.00 bits per heavy atom. The van der Waals surface area contributed by atoms with Crippen molar-refractivity contribution in [2.75, 3.05) is 0 Å². The lowest BCUT2D eigenvalue weighted by molar-refractivity contribution is 0.767. The molecule has 0 nitrogen and oxygen atoms in total. The van der Waals surface area contributed by atoms with Crippen LogP contribution in [0.4, 0.5) is 0 Å². The van der Waals surface area contributed by atoms with E-state index in [2.05, 4.69) is 178 Å². The molecule has 6 aromatic carbocycles. The van der Waals surface area contributed by atoms with Crippen LogP contribution in [-0.4, -0.2) is 0 Å². The Kier molecular flexibility index (Phi) is 6.34. The maximum atomic E-state index is 3.79. The van der Waals surface area contributed by atoms with Crippen molar-refractivity contribution in [2.45, 2.75) is 12.3 Å². The van der Waals surface area contributed by atoms with Crippen LogP contribution in [0.2, 0.25) is 0 Å². The molecule has 0 saturated carbocycles. The van der Waals surface area contributed by atoms with E-state index in [0.717, 1.165) is 8.95 Å². The van der Waals surface area contributed by atoms with Gasteiger partial charge in [-0.2, -0.15) is 0 Å². The summed E-state index contributed by atoms with van der Waals surface area (Å²) in [4.78, 5) is 0. The molecule has 0 unspecified atom stereocenters. The molecule has 1 aliphatic carbocycles. The second-order valence-electron chi connectivity index (χ2n) is 10.4. The third kappa shape index (κ3) is 3.93. The molecule has 0 spiro atoms. The zero-order valence-corrected chi connectivity index (χ0v) is 25.2. The molecule has 6 aromatic rings. The summed E-state index contributed by atoms with van der Waals surface area (Å²) in [7, 11) is 0. The highest BCUT2D eigenvalue weighted by molar-refractivity contribution is 9.10. The van der Waals surface area contributed by atoms with Crippen molar-refractivity contribution in [3.63, 3.8) is 0 Å². The van der Waals surface area contributed by atoms with Gasteiger partial charge in [0.2, 0.25) is 0 Å². The van der Waals surface area contributed by atoms with E-state index in [9.17, 15) is 0 Å². The van der Waals surface area contributed by atoms with Gasteiger partial charge in [0.25, 0.3) is 0 Å². The van der Waals surface area contributed by atoms with Crippen LogP contribution in [-0.2, 0) is 5.41 Å². The number of aryl methyl sites for hydroxylation is 1. The van der Waals surface area contributed by atoms with Gasteiger partial charge >= 0.3 is 0 Å². The molecule has 0 amide bonds. The van der Waals surface area contributed by atoms with E-state index < -0.39 is 5.41 Å². The summed E-state index contributed by atoms with van der Waals surface area (Å²) in [6, 6.07) is 50.9. The highest BCUT2D eigenvalue weighted by Crippen LogP contribution is 2.59. The fourth-order valence-electron chi connectivity index (χ4n) is 6.56. The zero-order chi connectivity index (χ0) is 27.3. The highest BCUT2D eigenvalue weighted by atomic mass is 79.9. The molecule has 0 atom stereocenters. The third-order valence-electron chi connectivity index (χ3n) is 8.19. The van der Waals surface area contributed by atoms with E-state index in [1.165, 1.54) is 61.2 Å². The second kappa shape index (κ2) is 10.0. The molecular weight excluding hydrogens is 616 g/mol. The summed E-state index contributed by atoms with van der Waals surface area (Å²) < 4.78 is 2.16. The van der Waals surface area contributed by atoms with E-state index in [0.29, 0.717) is 0 Å². The van der Waals surface area contributed by atoms with E-state index in [1.54, 1.807) is 0 Å². The smallest absolute Gasteiger partial charge is 0.0622 e. The van der Waals surface area contributed by atoms with E-state index in [4.69, 9.17) is 0 Å². The lowest BCUT2D eigenvalue weighted by atomic mass is 9.67. The van der Waals surface area contributed by atoms with Crippen LogP contribution < -0.4 is 0 Å². The highest BCUT2D eigenvalue weighted by Gasteiger charge is 2.47. The van der Waals surface area contributed by atoms with Crippen LogP contribution in [0.5, 0.6) is 0 Å². The van der Waals surface area contributed by atoms with E-state index >= 15 is 0 Å². The number of benzene rings is 6. The van der Waals surface area contributed by atoms with Crippen LogP contribution >= 0.6 is 31.9 Å². The monoisotopic (exact) mass is 640 g/mol. The quantitative estimate of drug-likeness (QED) is 0.179. The number of fused-ring (bicyclic) bond motifs is 3. The first-order valence-electron chi connectivity index (χ1n) is 13.5. The average molecular weight is 642 g/mol. The van der Waals surface area contributed by atoms with Gasteiger partial charge in [0.15, 0.2) is 0 Å². The molecule has 40 heavy (non-hydrogen) atoms. The van der Waals surface area contributed by atoms with Crippen LogP contribution in [0.25, 0.3) is 33.4 Å². The molecule has 0 aliphatic heterocycles. The van der Waals surface area contributed by atoms with Crippen molar-refractivity contribution >= 4 is 31.9 Å². The lowest BCUT2D eigenvalue weighted by Crippen LogP contribution is -2.28. The lowest BCUT2D eigenvalue weighted by Gasteiger charge is -2.34. The van der Waals surface area contributed by atoms with Crippen LogP contribution in [0.1, 0.15) is 27.8 Å². The van der Waals surface area contributed by atoms with Gasteiger partial charge in [0.1, 0.15) is 0 Å². The number of rotatable bonds is 4. The summed E-state index contributed by atoms with van der Waals surface area (Å²) in [6.45, 7) is 2.25. The maximum Gasteiger partial charge on any atom is 0.0714 e. The van der Waals surface area contributed by atoms with Crippen molar-refractivity contribution in [3.05, 3.63) is 176 Å². The first-order valence-corrected chi connectivity index (χ1v) is 15.1. The summed E-state index contributed by atoms with van der Waals surface area (Å²) in [5.41, 5.74) is 13.6. The first-order chi connectivity index (χ1) is 19.6. The SMILES string of the molecule is Cc1cccc2c1-c1c(-c3cccc(-c4ccccc4)c3)cccc1C2(c1cccc(Br)c1)c1cccc(Br)c1. The molecule has 2 heteroatoms. The van der Waals surface area contributed by atoms with Gasteiger partial charge in [-0.25, -0.2) is 0 Å². The van der Waals surface area contributed by atoms with Crippen molar-refractivity contribution in [3.8, 4) is 33.4 Å². The molecular formula is C38H26Br2. The topological polar surface area (TPSA) is 0 Å². The van der Waals surface area contributed by atoms with Crippen LogP contribution in [0.3, 0.4) is 0 Å². The molecule has 0 heterocycles. The van der Waals surface area contributed by atoms with Gasteiger partial charge < -0.3 is 0 Å². The Balaban J connectivity index is 1.59. The molecule has 0 radical (unpaired) electrons. The summed E-state index contributed by atoms with van der Waals surface area (Å²) in [5.74, 6) is 0. The molecule has 0 aromatic heterocycles. The van der Waals surface area contributed by atoms with Gasteiger partial charge in [-0.15, -0.1) is 0 Å². The average Bonchev–Trinajstić information content (AvgIpc) is 3.30. The minimum absolute atomic E-state index is 0.461. The van der Waals surface area contributed by atoms with Crippen molar-refractivity contribution in [1.29, 1.82) is 0 Å². The van der Waals surface area contributed by atoms with Gasteiger partial charge in [0, 0.05) is 8.95 Å².